The third-order valence-corrected chi connectivity index (χ3v) is 7.35. The van der Waals surface area contributed by atoms with Gasteiger partial charge in [0.15, 0.2) is 5.71 Å². The van der Waals surface area contributed by atoms with E-state index in [9.17, 15) is 4.79 Å². The van der Waals surface area contributed by atoms with Crippen molar-refractivity contribution in [2.45, 2.75) is 44.7 Å². The number of amides is 1. The summed E-state index contributed by atoms with van der Waals surface area (Å²) in [4.78, 5) is 25.0. The number of aliphatic imine (C=N–C) groups is 1. The molecule has 1 saturated heterocycles. The van der Waals surface area contributed by atoms with Crippen molar-refractivity contribution in [3.05, 3.63) is 107 Å². The Morgan fingerprint density at radius 2 is 2.13 bits per heavy atom. The van der Waals surface area contributed by atoms with Gasteiger partial charge in [-0.15, -0.1) is 0 Å². The largest absolute Gasteiger partial charge is 0.334 e. The van der Waals surface area contributed by atoms with Gasteiger partial charge in [0, 0.05) is 62.3 Å². The van der Waals surface area contributed by atoms with Gasteiger partial charge in [-0.3, -0.25) is 19.5 Å². The summed E-state index contributed by atoms with van der Waals surface area (Å²) < 4.78 is 1.93. The number of likely N-dealkylation sites (tertiary alicyclic amines) is 1. The van der Waals surface area contributed by atoms with Crippen LogP contribution >= 0.6 is 11.6 Å². The molecule has 1 fully saturated rings. The summed E-state index contributed by atoms with van der Waals surface area (Å²) in [6, 6.07) is 5.79. The zero-order chi connectivity index (χ0) is 26.6. The number of allylic oxidation sites excluding steroid dienone is 5. The molecular formula is C30H28ClN7O. The van der Waals surface area contributed by atoms with E-state index in [2.05, 4.69) is 26.9 Å². The van der Waals surface area contributed by atoms with Crippen LogP contribution < -0.4 is 0 Å². The van der Waals surface area contributed by atoms with Crippen LogP contribution in [0, 0.1) is 0 Å². The molecule has 0 saturated carbocycles. The van der Waals surface area contributed by atoms with Crippen LogP contribution in [0.25, 0.3) is 5.57 Å². The summed E-state index contributed by atoms with van der Waals surface area (Å²) in [6.45, 7) is 1.40. The summed E-state index contributed by atoms with van der Waals surface area (Å²) in [6.07, 6.45) is 23.0. The first-order chi connectivity index (χ1) is 19.2. The Labute approximate surface area is 232 Å². The van der Waals surface area contributed by atoms with E-state index in [0.717, 1.165) is 36.2 Å². The molecule has 9 heteroatoms. The lowest BCUT2D eigenvalue weighted by Gasteiger charge is -2.28. The molecule has 0 radical (unpaired) electrons. The van der Waals surface area contributed by atoms with Crippen LogP contribution in [0.4, 0.5) is 0 Å². The zero-order valence-electron chi connectivity index (χ0n) is 21.4. The van der Waals surface area contributed by atoms with Crippen LogP contribution in [0.3, 0.4) is 0 Å². The second kappa shape index (κ2) is 11.2. The van der Waals surface area contributed by atoms with Gasteiger partial charge in [0.1, 0.15) is 0 Å². The zero-order valence-corrected chi connectivity index (χ0v) is 22.2. The van der Waals surface area contributed by atoms with Gasteiger partial charge in [-0.05, 0) is 43.5 Å². The number of hydrazone groups is 1. The molecule has 39 heavy (non-hydrogen) atoms. The maximum absolute atomic E-state index is 14.0. The molecule has 8 nitrogen and oxygen atoms in total. The van der Waals surface area contributed by atoms with E-state index in [1.165, 1.54) is 0 Å². The molecule has 0 spiro atoms. The number of aromatic nitrogens is 3. The Balaban J connectivity index is 1.20. The first-order valence-corrected chi connectivity index (χ1v) is 13.6. The van der Waals surface area contributed by atoms with Crippen LogP contribution in [0.15, 0.2) is 106 Å². The minimum absolute atomic E-state index is 0.0836. The average Bonchev–Trinajstić information content (AvgIpc) is 3.50. The summed E-state index contributed by atoms with van der Waals surface area (Å²) in [5.41, 5.74) is 7.96. The Morgan fingerprint density at radius 3 is 3.03 bits per heavy atom. The number of pyridine rings is 1. The quantitative estimate of drug-likeness (QED) is 0.474. The highest BCUT2D eigenvalue weighted by molar-refractivity contribution is 6.55. The number of aryl methyl sites for hydroxylation is 1. The molecule has 1 atom stereocenters. The van der Waals surface area contributed by atoms with Gasteiger partial charge in [-0.2, -0.15) is 10.2 Å². The third-order valence-electron chi connectivity index (χ3n) is 7.13. The Morgan fingerprint density at radius 1 is 1.18 bits per heavy atom. The third kappa shape index (κ3) is 5.48. The van der Waals surface area contributed by atoms with Crippen molar-refractivity contribution in [3.63, 3.8) is 0 Å². The highest BCUT2D eigenvalue weighted by Gasteiger charge is 2.35. The Kier molecular flexibility index (Phi) is 7.21. The van der Waals surface area contributed by atoms with Crippen molar-refractivity contribution in [1.29, 1.82) is 0 Å². The van der Waals surface area contributed by atoms with Crippen molar-refractivity contribution in [2.24, 2.45) is 10.1 Å². The lowest BCUT2D eigenvalue weighted by Crippen LogP contribution is -2.42. The fraction of sp³-hybridized carbons (Fsp3) is 0.267. The van der Waals surface area contributed by atoms with Gasteiger partial charge >= 0.3 is 0 Å². The maximum atomic E-state index is 14.0. The van der Waals surface area contributed by atoms with Crippen molar-refractivity contribution < 1.29 is 4.79 Å². The number of nitrogens with zero attached hydrogens (tertiary/aromatic N) is 7. The van der Waals surface area contributed by atoms with Crippen LogP contribution in [0.1, 0.15) is 43.4 Å². The van der Waals surface area contributed by atoms with Gasteiger partial charge in [-0.1, -0.05) is 41.6 Å². The molecule has 0 N–H and O–H groups in total. The van der Waals surface area contributed by atoms with E-state index in [1.54, 1.807) is 17.4 Å². The van der Waals surface area contributed by atoms with Crippen LogP contribution in [0.2, 0.25) is 0 Å². The van der Waals surface area contributed by atoms with Gasteiger partial charge in [0.05, 0.1) is 33.9 Å². The highest BCUT2D eigenvalue weighted by Crippen LogP contribution is 2.28. The van der Waals surface area contributed by atoms with Crippen molar-refractivity contribution in [3.8, 4) is 0 Å². The molecule has 2 aromatic rings. The smallest absolute Gasteiger partial charge is 0.275 e. The summed E-state index contributed by atoms with van der Waals surface area (Å²) in [7, 11) is 0. The van der Waals surface area contributed by atoms with Crippen LogP contribution in [-0.4, -0.2) is 54.6 Å². The normalized spacial score (nSPS) is 20.4. The second-order valence-electron chi connectivity index (χ2n) is 9.70. The van der Waals surface area contributed by atoms with Gasteiger partial charge in [0.25, 0.3) is 5.91 Å². The summed E-state index contributed by atoms with van der Waals surface area (Å²) in [5.74, 6) is -0.0836. The molecule has 0 aromatic carbocycles. The summed E-state index contributed by atoms with van der Waals surface area (Å²) in [5, 5.41) is 11.7. The number of rotatable bonds is 6. The van der Waals surface area contributed by atoms with E-state index < -0.39 is 0 Å². The fourth-order valence-electron chi connectivity index (χ4n) is 5.15. The molecular weight excluding hydrogens is 510 g/mol. The predicted octanol–water partition coefficient (Wildman–Crippen LogP) is 5.20. The second-order valence-corrected chi connectivity index (χ2v) is 10.1. The monoisotopic (exact) mass is 537 g/mol. The molecule has 2 aromatic heterocycles. The number of hydrogen-bond donors (Lipinski definition) is 0. The SMILES string of the molecule is O=C(C1=NN2C=CC=CCC2=C=C1c1ccccn1)N1CCC[C@H]1CCn1cc(C2=NC=C(Cl)C=CC2)cn1. The number of hydrogen-bond acceptors (Lipinski definition) is 6. The highest BCUT2D eigenvalue weighted by atomic mass is 35.5. The molecule has 0 unspecified atom stereocenters. The molecule has 4 aliphatic rings. The van der Waals surface area contributed by atoms with E-state index in [4.69, 9.17) is 16.7 Å². The molecule has 0 aliphatic carbocycles. The van der Waals surface area contributed by atoms with E-state index in [1.807, 2.05) is 70.7 Å². The molecule has 6 heterocycles. The molecule has 1 amide bonds. The lowest BCUT2D eigenvalue weighted by molar-refractivity contribution is -0.124. The number of carbonyl (C=O) groups is 1. The van der Waals surface area contributed by atoms with Crippen molar-refractivity contribution >= 4 is 34.5 Å². The van der Waals surface area contributed by atoms with E-state index in [0.29, 0.717) is 47.9 Å². The van der Waals surface area contributed by atoms with Crippen molar-refractivity contribution in [1.82, 2.24) is 24.7 Å². The first kappa shape index (κ1) is 25.0. The molecule has 0 bridgehead atoms. The van der Waals surface area contributed by atoms with Gasteiger partial charge < -0.3 is 4.90 Å². The van der Waals surface area contributed by atoms with Gasteiger partial charge in [-0.25, -0.2) is 5.01 Å². The summed E-state index contributed by atoms with van der Waals surface area (Å²) >= 11 is 6.07. The number of carbonyl (C=O) groups excluding carboxylic acids is 1. The van der Waals surface area contributed by atoms with E-state index >= 15 is 0 Å². The Hall–Kier alpha value is -4.26. The standard InChI is InChI=1S/C30H28ClN7O/c31-23-8-6-12-27(33-20-23)22-19-34-36(21-22)17-13-24-10-7-15-37(24)30(39)29-26(28-11-3-4-14-32-28)18-25-9-2-1-5-16-38(25)35-29/h1-6,8,11,14,16,19-21,24H,7,9-10,12-13,15,17H2/t24-/m0/s1. The molecule has 4 aliphatic heterocycles. The minimum Gasteiger partial charge on any atom is -0.334 e. The number of halogens is 1. The van der Waals surface area contributed by atoms with Crippen LogP contribution in [-0.2, 0) is 11.3 Å². The van der Waals surface area contributed by atoms with E-state index in [-0.39, 0.29) is 11.9 Å². The minimum atomic E-state index is -0.0836. The van der Waals surface area contributed by atoms with Crippen LogP contribution in [0.5, 0.6) is 0 Å². The molecule has 6 rings (SSSR count). The maximum Gasteiger partial charge on any atom is 0.275 e. The fourth-order valence-corrected chi connectivity index (χ4v) is 5.29. The topological polar surface area (TPSA) is 79.0 Å². The predicted molar refractivity (Wildman–Crippen MR) is 153 cm³/mol. The average molecular weight is 538 g/mol. The van der Waals surface area contributed by atoms with Crippen molar-refractivity contribution in [2.75, 3.05) is 6.54 Å². The van der Waals surface area contributed by atoms with Gasteiger partial charge in [0.2, 0.25) is 0 Å². The molecule has 196 valence electrons. The lowest BCUT2D eigenvalue weighted by atomic mass is 10.0. The number of fused-ring (bicyclic) bond motifs is 1. The first-order valence-electron chi connectivity index (χ1n) is 13.2. The Bertz CT molecular complexity index is 1520.